The van der Waals surface area contributed by atoms with Crippen LogP contribution in [0, 0.1) is 29.1 Å². The highest BCUT2D eigenvalue weighted by Crippen LogP contribution is 2.43. The van der Waals surface area contributed by atoms with E-state index in [0.29, 0.717) is 56.6 Å². The van der Waals surface area contributed by atoms with Crippen molar-refractivity contribution in [2.75, 3.05) is 7.11 Å². The number of aromatic hydroxyl groups is 1. The van der Waals surface area contributed by atoms with E-state index in [-0.39, 0.29) is 23.2 Å². The van der Waals surface area contributed by atoms with Crippen molar-refractivity contribution in [1.82, 2.24) is 0 Å². The Kier molecular flexibility index (Phi) is 8.19. The highest BCUT2D eigenvalue weighted by molar-refractivity contribution is 5.89. The lowest BCUT2D eigenvalue weighted by Crippen LogP contribution is -2.46. The van der Waals surface area contributed by atoms with Gasteiger partial charge in [-0.2, -0.15) is 0 Å². The fourth-order valence-electron chi connectivity index (χ4n) is 6.24. The number of ether oxygens (including phenoxy) is 1. The molecule has 0 aliphatic heterocycles. The second-order valence-electron chi connectivity index (χ2n) is 10.7. The van der Waals surface area contributed by atoms with Crippen LogP contribution < -0.4 is 4.74 Å². The topological polar surface area (TPSA) is 104 Å². The average Bonchev–Trinajstić information content (AvgIpc) is 2.89. The summed E-state index contributed by atoms with van der Waals surface area (Å²) in [5, 5.41) is 31.4. The summed E-state index contributed by atoms with van der Waals surface area (Å²) in [6, 6.07) is 3.46. The quantitative estimate of drug-likeness (QED) is 0.420. The van der Waals surface area contributed by atoms with Crippen LogP contribution in [0.2, 0.25) is 0 Å². The second kappa shape index (κ2) is 11.1. The number of hydrogen-bond acceptors (Lipinski definition) is 6. The number of methoxy groups -OCH3 is 1. The van der Waals surface area contributed by atoms with Gasteiger partial charge in [0.2, 0.25) is 0 Å². The van der Waals surface area contributed by atoms with Crippen LogP contribution in [-0.2, 0) is 22.4 Å². The number of aryl methyl sites for hydroxylation is 1. The van der Waals surface area contributed by atoms with Crippen LogP contribution in [0.3, 0.4) is 0 Å². The van der Waals surface area contributed by atoms with Gasteiger partial charge in [-0.1, -0.05) is 31.1 Å². The number of hydrogen-bond donors (Lipinski definition) is 3. The molecule has 6 heteroatoms. The van der Waals surface area contributed by atoms with Gasteiger partial charge in [0.1, 0.15) is 11.2 Å². The number of phenols is 1. The summed E-state index contributed by atoms with van der Waals surface area (Å²) in [4.78, 5) is 24.8. The number of fused-ring (bicyclic) bond motifs is 1. The van der Waals surface area contributed by atoms with Gasteiger partial charge in [-0.3, -0.25) is 9.59 Å². The minimum Gasteiger partial charge on any atom is -0.504 e. The first-order valence-corrected chi connectivity index (χ1v) is 13.1. The second-order valence-corrected chi connectivity index (χ2v) is 10.7. The molecule has 190 valence electrons. The zero-order chi connectivity index (χ0) is 25.0. The molecule has 0 aromatic heterocycles. The van der Waals surface area contributed by atoms with Crippen LogP contribution in [0.15, 0.2) is 12.1 Å². The van der Waals surface area contributed by atoms with Gasteiger partial charge in [-0.25, -0.2) is 0 Å². The first kappa shape index (κ1) is 25.7. The number of rotatable bonds is 6. The smallest absolute Gasteiger partial charge is 0.160 e. The lowest BCUT2D eigenvalue weighted by Gasteiger charge is -2.40. The molecule has 0 bridgehead atoms. The van der Waals surface area contributed by atoms with E-state index in [1.807, 2.05) is 0 Å². The maximum atomic E-state index is 13.3. The zero-order valence-corrected chi connectivity index (χ0v) is 20.7. The number of unbranched alkanes of at least 4 members (excludes halogenated alkanes) is 1. The molecule has 0 heterocycles. The summed E-state index contributed by atoms with van der Waals surface area (Å²) in [6.07, 6.45) is 7.73. The summed E-state index contributed by atoms with van der Waals surface area (Å²) >= 11 is 0. The standard InChI is InChI=1S/C29H38O6/c1-35-26-17-22-9-11-27(33)29(13-4-7-21(22)16-25(26)32)14-12-19(15-28(29)34)5-2-3-6-20-8-10-23(30)18-24(20)31/h16-17,19-20,24,28,31-32,34H,2-3,5-12,14-15,18H2,1H3. The highest BCUT2D eigenvalue weighted by Gasteiger charge is 2.47. The largest absolute Gasteiger partial charge is 0.504 e. The Morgan fingerprint density at radius 3 is 2.60 bits per heavy atom. The summed E-state index contributed by atoms with van der Waals surface area (Å²) < 4.78 is 5.23. The number of carbonyl (C=O) groups excluding carboxylic acids is 2. The Balaban J connectivity index is 1.32. The molecule has 0 amide bonds. The lowest BCUT2D eigenvalue weighted by atomic mass is 9.65. The predicted molar refractivity (Wildman–Crippen MR) is 132 cm³/mol. The van der Waals surface area contributed by atoms with Gasteiger partial charge >= 0.3 is 0 Å². The molecule has 1 spiro atoms. The van der Waals surface area contributed by atoms with Crippen molar-refractivity contribution in [2.45, 2.75) is 95.7 Å². The monoisotopic (exact) mass is 482 g/mol. The van der Waals surface area contributed by atoms with Gasteiger partial charge in [0.05, 0.1) is 19.3 Å². The van der Waals surface area contributed by atoms with Crippen molar-refractivity contribution in [3.05, 3.63) is 23.3 Å². The third-order valence-corrected chi connectivity index (χ3v) is 8.49. The van der Waals surface area contributed by atoms with Crippen LogP contribution in [0.1, 0.15) is 81.8 Å². The van der Waals surface area contributed by atoms with Crippen molar-refractivity contribution in [3.8, 4) is 23.3 Å². The number of benzene rings is 1. The van der Waals surface area contributed by atoms with Gasteiger partial charge in [0.25, 0.3) is 0 Å². The molecule has 5 unspecified atom stereocenters. The Morgan fingerprint density at radius 1 is 1.06 bits per heavy atom. The molecule has 2 fully saturated rings. The van der Waals surface area contributed by atoms with Gasteiger partial charge in [-0.15, -0.1) is 0 Å². The molecular weight excluding hydrogens is 444 g/mol. The number of Topliss-reactive ketones (excluding diaryl/α,β-unsaturated/α-hetero) is 2. The van der Waals surface area contributed by atoms with Gasteiger partial charge in [-0.05, 0) is 73.6 Å². The summed E-state index contributed by atoms with van der Waals surface area (Å²) in [6.45, 7) is 0. The van der Waals surface area contributed by atoms with E-state index in [0.717, 1.165) is 49.7 Å². The molecule has 3 aliphatic rings. The van der Waals surface area contributed by atoms with Crippen molar-refractivity contribution < 1.29 is 29.6 Å². The molecule has 6 nitrogen and oxygen atoms in total. The van der Waals surface area contributed by atoms with Crippen molar-refractivity contribution in [3.63, 3.8) is 0 Å². The van der Waals surface area contributed by atoms with Crippen LogP contribution in [0.5, 0.6) is 11.5 Å². The average molecular weight is 483 g/mol. The van der Waals surface area contributed by atoms with Crippen LogP contribution in [-0.4, -0.2) is 46.2 Å². The molecule has 4 rings (SSSR count). The van der Waals surface area contributed by atoms with E-state index >= 15 is 0 Å². The summed E-state index contributed by atoms with van der Waals surface area (Å²) in [5.41, 5.74) is 0.856. The molecule has 35 heavy (non-hydrogen) atoms. The first-order chi connectivity index (χ1) is 16.8. The fourth-order valence-corrected chi connectivity index (χ4v) is 6.24. The first-order valence-electron chi connectivity index (χ1n) is 13.1. The molecule has 0 saturated heterocycles. The van der Waals surface area contributed by atoms with E-state index in [4.69, 9.17) is 4.74 Å². The Morgan fingerprint density at radius 2 is 1.86 bits per heavy atom. The van der Waals surface area contributed by atoms with Crippen molar-refractivity contribution in [2.24, 2.45) is 17.3 Å². The molecule has 0 radical (unpaired) electrons. The zero-order valence-electron chi connectivity index (χ0n) is 20.7. The lowest BCUT2D eigenvalue weighted by molar-refractivity contribution is -0.134. The van der Waals surface area contributed by atoms with Gasteiger partial charge in [0.15, 0.2) is 17.3 Å². The third kappa shape index (κ3) is 5.73. The van der Waals surface area contributed by atoms with E-state index in [1.165, 1.54) is 7.11 Å². The predicted octanol–water partition coefficient (Wildman–Crippen LogP) is 3.90. The maximum absolute atomic E-state index is 13.3. The number of aliphatic hydroxyl groups is 2. The van der Waals surface area contributed by atoms with Crippen LogP contribution in [0.25, 0.3) is 0 Å². The van der Waals surface area contributed by atoms with E-state index in [9.17, 15) is 24.9 Å². The Labute approximate surface area is 208 Å². The third-order valence-electron chi connectivity index (χ3n) is 8.49. The maximum Gasteiger partial charge on any atom is 0.160 e. The van der Waals surface area contributed by atoms with Crippen molar-refractivity contribution in [1.29, 1.82) is 0 Å². The summed E-state index contributed by atoms with van der Waals surface area (Å²) in [7, 11) is 1.51. The molecule has 1 aromatic carbocycles. The molecule has 5 atom stereocenters. The molecular formula is C29H38O6. The van der Waals surface area contributed by atoms with Crippen LogP contribution >= 0.6 is 0 Å². The van der Waals surface area contributed by atoms with E-state index in [1.54, 1.807) is 12.1 Å². The number of ketones is 2. The SMILES string of the molecule is COc1cc2c(cc1O)CC#CC1(CCC(CCCCC3CCC(=O)CC3O)CC1O)C(=O)CC2. The number of carbonyl (C=O) groups is 2. The van der Waals surface area contributed by atoms with E-state index < -0.39 is 17.6 Å². The highest BCUT2D eigenvalue weighted by atomic mass is 16.5. The van der Waals surface area contributed by atoms with Crippen molar-refractivity contribution >= 4 is 11.6 Å². The molecule has 1 aromatic rings. The Bertz CT molecular complexity index is 1000. The van der Waals surface area contributed by atoms with Gasteiger partial charge in [0, 0.05) is 25.7 Å². The normalized spacial score (nSPS) is 31.1. The number of aliphatic hydroxyl groups excluding tert-OH is 2. The Hall–Kier alpha value is -2.36. The van der Waals surface area contributed by atoms with E-state index in [2.05, 4.69) is 11.8 Å². The summed E-state index contributed by atoms with van der Waals surface area (Å²) in [5.74, 6) is 7.58. The fraction of sp³-hybridized carbons (Fsp3) is 0.655. The minimum atomic E-state index is -0.997. The molecule has 2 saturated carbocycles. The molecule has 3 aliphatic carbocycles. The minimum absolute atomic E-state index is 0.0108. The van der Waals surface area contributed by atoms with Gasteiger partial charge < -0.3 is 20.1 Å². The number of phenolic OH excluding ortho intramolecular Hbond substituents is 1. The molecule has 3 N–H and O–H groups in total. The van der Waals surface area contributed by atoms with Crippen LogP contribution in [0.4, 0.5) is 0 Å².